The van der Waals surface area contributed by atoms with Crippen molar-refractivity contribution in [2.24, 2.45) is 0 Å². The summed E-state index contributed by atoms with van der Waals surface area (Å²) in [6, 6.07) is 8.74. The molecule has 2 rings (SSSR count). The van der Waals surface area contributed by atoms with Gasteiger partial charge in [-0.1, -0.05) is 0 Å². The average Bonchev–Trinajstić information content (AvgIpc) is 2.51. The smallest absolute Gasteiger partial charge is 0.0594 e. The van der Waals surface area contributed by atoms with Crippen LogP contribution in [0.4, 0.5) is 11.4 Å². The Balaban J connectivity index is 1.75. The Bertz CT molecular complexity index is 370. The summed E-state index contributed by atoms with van der Waals surface area (Å²) in [5.74, 6) is 0. The van der Waals surface area contributed by atoms with E-state index in [0.717, 1.165) is 52.5 Å². The van der Waals surface area contributed by atoms with Gasteiger partial charge in [-0.3, -0.25) is 4.90 Å². The lowest BCUT2D eigenvalue weighted by Gasteiger charge is -2.26. The van der Waals surface area contributed by atoms with Crippen LogP contribution in [0.15, 0.2) is 24.3 Å². The summed E-state index contributed by atoms with van der Waals surface area (Å²) in [5, 5.41) is 3.49. The van der Waals surface area contributed by atoms with Crippen LogP contribution in [0.2, 0.25) is 0 Å². The Morgan fingerprint density at radius 3 is 2.35 bits per heavy atom. The Labute approximate surface area is 122 Å². The summed E-state index contributed by atoms with van der Waals surface area (Å²) in [6.07, 6.45) is 0. The highest BCUT2D eigenvalue weighted by atomic mass is 16.5. The third-order valence-electron chi connectivity index (χ3n) is 3.86. The summed E-state index contributed by atoms with van der Waals surface area (Å²) in [7, 11) is 0. The maximum Gasteiger partial charge on any atom is 0.0594 e. The van der Waals surface area contributed by atoms with E-state index in [4.69, 9.17) is 4.74 Å². The molecule has 1 aliphatic rings. The number of ether oxygens (including phenoxy) is 1. The molecule has 0 amide bonds. The molecule has 112 valence electrons. The molecule has 0 spiro atoms. The normalized spacial score (nSPS) is 16.1. The second-order valence-electron chi connectivity index (χ2n) is 5.10. The number of morpholine rings is 1. The van der Waals surface area contributed by atoms with E-state index >= 15 is 0 Å². The molecule has 1 N–H and O–H groups in total. The number of rotatable bonds is 7. The standard InChI is InChI=1S/C16H27N3O/c1-3-19(4-2)16-7-5-15(6-8-16)17-9-10-18-11-13-20-14-12-18/h5-8,17H,3-4,9-14H2,1-2H3. The van der Waals surface area contributed by atoms with Gasteiger partial charge in [-0.25, -0.2) is 0 Å². The number of nitrogens with one attached hydrogen (secondary N) is 1. The molecule has 0 aliphatic carbocycles. The van der Waals surface area contributed by atoms with E-state index in [1.165, 1.54) is 11.4 Å². The van der Waals surface area contributed by atoms with Crippen molar-refractivity contribution in [3.63, 3.8) is 0 Å². The molecule has 0 aromatic heterocycles. The van der Waals surface area contributed by atoms with Gasteiger partial charge in [0.05, 0.1) is 13.2 Å². The van der Waals surface area contributed by atoms with Gasteiger partial charge in [0.15, 0.2) is 0 Å². The topological polar surface area (TPSA) is 27.7 Å². The van der Waals surface area contributed by atoms with E-state index in [1.54, 1.807) is 0 Å². The summed E-state index contributed by atoms with van der Waals surface area (Å²) >= 11 is 0. The zero-order chi connectivity index (χ0) is 14.2. The maximum atomic E-state index is 5.35. The fourth-order valence-electron chi connectivity index (χ4n) is 2.56. The number of nitrogens with zero attached hydrogens (tertiary/aromatic N) is 2. The van der Waals surface area contributed by atoms with Crippen molar-refractivity contribution in [3.05, 3.63) is 24.3 Å². The molecule has 4 heteroatoms. The summed E-state index contributed by atoms with van der Waals surface area (Å²) in [4.78, 5) is 4.80. The second kappa shape index (κ2) is 8.12. The van der Waals surface area contributed by atoms with Crippen LogP contribution in [0, 0.1) is 0 Å². The Morgan fingerprint density at radius 2 is 1.75 bits per heavy atom. The molecular weight excluding hydrogens is 250 g/mol. The Morgan fingerprint density at radius 1 is 1.10 bits per heavy atom. The first-order valence-corrected chi connectivity index (χ1v) is 7.72. The van der Waals surface area contributed by atoms with Crippen molar-refractivity contribution >= 4 is 11.4 Å². The van der Waals surface area contributed by atoms with Crippen molar-refractivity contribution in [2.45, 2.75) is 13.8 Å². The van der Waals surface area contributed by atoms with Crippen molar-refractivity contribution in [2.75, 3.05) is 62.7 Å². The fraction of sp³-hybridized carbons (Fsp3) is 0.625. The van der Waals surface area contributed by atoms with Crippen LogP contribution >= 0.6 is 0 Å². The van der Waals surface area contributed by atoms with E-state index in [0.29, 0.717) is 0 Å². The molecule has 0 unspecified atom stereocenters. The third-order valence-corrected chi connectivity index (χ3v) is 3.86. The molecular formula is C16H27N3O. The number of hydrogen-bond acceptors (Lipinski definition) is 4. The largest absolute Gasteiger partial charge is 0.384 e. The van der Waals surface area contributed by atoms with Gasteiger partial charge in [0, 0.05) is 50.6 Å². The van der Waals surface area contributed by atoms with Gasteiger partial charge in [0.25, 0.3) is 0 Å². The van der Waals surface area contributed by atoms with Crippen molar-refractivity contribution < 1.29 is 4.74 Å². The van der Waals surface area contributed by atoms with E-state index in [1.807, 2.05) is 0 Å². The van der Waals surface area contributed by atoms with E-state index in [9.17, 15) is 0 Å². The van der Waals surface area contributed by atoms with Crippen LogP contribution in [-0.4, -0.2) is 57.4 Å². The predicted octanol–water partition coefficient (Wildman–Crippen LogP) is 2.28. The first-order valence-electron chi connectivity index (χ1n) is 7.72. The molecule has 0 atom stereocenters. The molecule has 4 nitrogen and oxygen atoms in total. The first-order chi connectivity index (χ1) is 9.83. The predicted molar refractivity (Wildman–Crippen MR) is 85.8 cm³/mol. The summed E-state index contributed by atoms with van der Waals surface area (Å²) < 4.78 is 5.35. The van der Waals surface area contributed by atoms with Gasteiger partial charge < -0.3 is 15.0 Å². The van der Waals surface area contributed by atoms with Crippen LogP contribution in [0.5, 0.6) is 0 Å². The lowest BCUT2D eigenvalue weighted by atomic mass is 10.2. The minimum absolute atomic E-state index is 0.874. The lowest BCUT2D eigenvalue weighted by Crippen LogP contribution is -2.39. The highest BCUT2D eigenvalue weighted by Gasteiger charge is 2.09. The van der Waals surface area contributed by atoms with Gasteiger partial charge in [-0.15, -0.1) is 0 Å². The van der Waals surface area contributed by atoms with E-state index in [2.05, 4.69) is 53.2 Å². The van der Waals surface area contributed by atoms with Crippen LogP contribution < -0.4 is 10.2 Å². The highest BCUT2D eigenvalue weighted by molar-refractivity contribution is 5.55. The van der Waals surface area contributed by atoms with Gasteiger partial charge in [0.2, 0.25) is 0 Å². The summed E-state index contributed by atoms with van der Waals surface area (Å²) in [5.41, 5.74) is 2.50. The quantitative estimate of drug-likeness (QED) is 0.827. The van der Waals surface area contributed by atoms with Gasteiger partial charge in [-0.2, -0.15) is 0 Å². The van der Waals surface area contributed by atoms with E-state index < -0.39 is 0 Å². The minimum Gasteiger partial charge on any atom is -0.384 e. The fourth-order valence-corrected chi connectivity index (χ4v) is 2.56. The molecule has 1 aromatic carbocycles. The highest BCUT2D eigenvalue weighted by Crippen LogP contribution is 2.17. The molecule has 0 bridgehead atoms. The van der Waals surface area contributed by atoms with Crippen molar-refractivity contribution in [3.8, 4) is 0 Å². The van der Waals surface area contributed by atoms with E-state index in [-0.39, 0.29) is 0 Å². The molecule has 1 heterocycles. The second-order valence-corrected chi connectivity index (χ2v) is 5.10. The number of benzene rings is 1. The van der Waals surface area contributed by atoms with Crippen LogP contribution in [0.3, 0.4) is 0 Å². The Kier molecular flexibility index (Phi) is 6.15. The zero-order valence-corrected chi connectivity index (χ0v) is 12.8. The molecule has 1 aromatic rings. The molecule has 0 radical (unpaired) electrons. The molecule has 1 fully saturated rings. The zero-order valence-electron chi connectivity index (χ0n) is 12.8. The monoisotopic (exact) mass is 277 g/mol. The SMILES string of the molecule is CCN(CC)c1ccc(NCCN2CCOCC2)cc1. The molecule has 0 saturated carbocycles. The third kappa shape index (κ3) is 4.39. The maximum absolute atomic E-state index is 5.35. The average molecular weight is 277 g/mol. The number of anilines is 2. The minimum atomic E-state index is 0.874. The lowest BCUT2D eigenvalue weighted by molar-refractivity contribution is 0.0398. The molecule has 1 saturated heterocycles. The summed E-state index contributed by atoms with van der Waals surface area (Å²) in [6.45, 7) is 12.4. The Hall–Kier alpha value is -1.26. The van der Waals surface area contributed by atoms with Crippen LogP contribution in [0.1, 0.15) is 13.8 Å². The number of hydrogen-bond donors (Lipinski definition) is 1. The van der Waals surface area contributed by atoms with Gasteiger partial charge in [-0.05, 0) is 38.1 Å². The van der Waals surface area contributed by atoms with Gasteiger partial charge >= 0.3 is 0 Å². The van der Waals surface area contributed by atoms with Crippen LogP contribution in [-0.2, 0) is 4.74 Å². The first kappa shape index (κ1) is 15.1. The molecule has 20 heavy (non-hydrogen) atoms. The molecule has 1 aliphatic heterocycles. The van der Waals surface area contributed by atoms with Crippen molar-refractivity contribution in [1.29, 1.82) is 0 Å². The van der Waals surface area contributed by atoms with Gasteiger partial charge in [0.1, 0.15) is 0 Å². The van der Waals surface area contributed by atoms with Crippen LogP contribution in [0.25, 0.3) is 0 Å². The van der Waals surface area contributed by atoms with Crippen molar-refractivity contribution in [1.82, 2.24) is 4.90 Å².